The van der Waals surface area contributed by atoms with E-state index in [-0.39, 0.29) is 34.3 Å². The van der Waals surface area contributed by atoms with Crippen LogP contribution in [-0.2, 0) is 29.2 Å². The van der Waals surface area contributed by atoms with Crippen LogP contribution in [0.3, 0.4) is 0 Å². The number of hydrogen-bond donors (Lipinski definition) is 5. The molecule has 4 amide bonds. The smallest absolute Gasteiger partial charge is 0.328 e. The molecule has 0 heterocycles. The molecule has 13 heteroatoms. The molecule has 4 rings (SSSR count). The summed E-state index contributed by atoms with van der Waals surface area (Å²) in [7, 11) is 0. The highest BCUT2D eigenvalue weighted by atomic mass is 35.5. The number of carbonyl (C=O) groups is 4. The van der Waals surface area contributed by atoms with Crippen molar-refractivity contribution >= 4 is 64.3 Å². The first-order chi connectivity index (χ1) is 22.1. The molecule has 238 valence electrons. The summed E-state index contributed by atoms with van der Waals surface area (Å²) in [6.07, 6.45) is -0.0117. The van der Waals surface area contributed by atoms with E-state index in [9.17, 15) is 24.3 Å². The second-order valence-electron chi connectivity index (χ2n) is 9.95. The van der Waals surface area contributed by atoms with Crippen molar-refractivity contribution in [2.24, 2.45) is 0 Å². The number of para-hydroxylation sites is 1. The van der Waals surface area contributed by atoms with Crippen LogP contribution in [0.25, 0.3) is 0 Å². The van der Waals surface area contributed by atoms with Crippen LogP contribution in [0.15, 0.2) is 91.0 Å². The lowest BCUT2D eigenvalue weighted by molar-refractivity contribution is -0.139. The maximum absolute atomic E-state index is 13.1. The lowest BCUT2D eigenvalue weighted by Gasteiger charge is -2.18. The summed E-state index contributed by atoms with van der Waals surface area (Å²) in [5.74, 6) is -2.17. The third kappa shape index (κ3) is 9.87. The third-order valence-electron chi connectivity index (χ3n) is 6.57. The van der Waals surface area contributed by atoms with Crippen LogP contribution < -0.4 is 26.0 Å². The fourth-order valence-electron chi connectivity index (χ4n) is 4.27. The summed E-state index contributed by atoms with van der Waals surface area (Å²) < 4.78 is 5.90. The minimum Gasteiger partial charge on any atom is -0.489 e. The van der Waals surface area contributed by atoms with Crippen molar-refractivity contribution < 1.29 is 29.0 Å². The van der Waals surface area contributed by atoms with Gasteiger partial charge in [0.15, 0.2) is 0 Å². The standard InChI is InChI=1S/C33H29Cl3N4O6/c34-23-11-6-9-21(15-23)16-28(41)39-25-14-13-24(35)29(30(25)36)31(42)40-26(32(43)44)18-38-33(45)37-17-22-10-4-5-12-27(22)46-19-20-7-2-1-3-8-20/h1-15,26H,16-19H2,(H,39,41)(H,40,42)(H,43,44)(H2,37,38,45)/t26-/m0/s1. The number of aliphatic carboxylic acids is 1. The van der Waals surface area contributed by atoms with Gasteiger partial charge in [-0.2, -0.15) is 0 Å². The summed E-state index contributed by atoms with van der Waals surface area (Å²) >= 11 is 18.6. The number of hydrogen-bond acceptors (Lipinski definition) is 5. The lowest BCUT2D eigenvalue weighted by Crippen LogP contribution is -2.50. The molecule has 0 radical (unpaired) electrons. The Morgan fingerprint density at radius 3 is 2.26 bits per heavy atom. The van der Waals surface area contributed by atoms with Gasteiger partial charge in [0.1, 0.15) is 18.4 Å². The van der Waals surface area contributed by atoms with Crippen molar-refractivity contribution in [3.8, 4) is 5.75 Å². The van der Waals surface area contributed by atoms with E-state index in [1.54, 1.807) is 42.5 Å². The minimum atomic E-state index is -1.53. The number of rotatable bonds is 13. The Bertz CT molecular complexity index is 1720. The van der Waals surface area contributed by atoms with E-state index in [4.69, 9.17) is 39.5 Å². The van der Waals surface area contributed by atoms with Gasteiger partial charge in [0, 0.05) is 17.1 Å². The van der Waals surface area contributed by atoms with E-state index in [1.807, 2.05) is 36.4 Å². The molecule has 1 atom stereocenters. The third-order valence-corrected chi connectivity index (χ3v) is 7.51. The SMILES string of the molecule is O=C(Cc1cccc(Cl)c1)Nc1ccc(Cl)c(C(=O)N[C@@H](CNC(=O)NCc2ccccc2OCc2ccccc2)C(=O)O)c1Cl. The zero-order chi connectivity index (χ0) is 33.1. The van der Waals surface area contributed by atoms with Gasteiger partial charge in [-0.05, 0) is 41.5 Å². The number of carboxylic acids is 1. The highest BCUT2D eigenvalue weighted by Crippen LogP contribution is 2.32. The second kappa shape index (κ2) is 16.5. The summed E-state index contributed by atoms with van der Waals surface area (Å²) in [4.78, 5) is 50.2. The number of carboxylic acid groups (broad SMARTS) is 1. The van der Waals surface area contributed by atoms with Gasteiger partial charge in [0.2, 0.25) is 5.91 Å². The second-order valence-corrected chi connectivity index (χ2v) is 11.2. The Labute approximate surface area is 280 Å². The largest absolute Gasteiger partial charge is 0.489 e. The fraction of sp³-hybridized carbons (Fsp3) is 0.152. The predicted octanol–water partition coefficient (Wildman–Crippen LogP) is 6.09. The van der Waals surface area contributed by atoms with Crippen molar-refractivity contribution in [3.63, 3.8) is 0 Å². The number of nitrogens with one attached hydrogen (secondary N) is 4. The van der Waals surface area contributed by atoms with E-state index in [2.05, 4.69) is 21.3 Å². The summed E-state index contributed by atoms with van der Waals surface area (Å²) in [5.41, 5.74) is 2.21. The average Bonchev–Trinajstić information content (AvgIpc) is 3.03. The van der Waals surface area contributed by atoms with Crippen LogP contribution in [0.2, 0.25) is 15.1 Å². The zero-order valence-corrected chi connectivity index (χ0v) is 26.5. The quantitative estimate of drug-likeness (QED) is 0.115. The van der Waals surface area contributed by atoms with Crippen LogP contribution in [0, 0.1) is 0 Å². The maximum Gasteiger partial charge on any atom is 0.328 e. The molecule has 0 aliphatic carbocycles. The van der Waals surface area contributed by atoms with Gasteiger partial charge in [-0.3, -0.25) is 9.59 Å². The molecule has 5 N–H and O–H groups in total. The molecule has 4 aromatic rings. The van der Waals surface area contributed by atoms with Gasteiger partial charge >= 0.3 is 12.0 Å². The average molecular weight is 684 g/mol. The van der Waals surface area contributed by atoms with Gasteiger partial charge in [0.05, 0.1) is 34.3 Å². The molecule has 0 spiro atoms. The van der Waals surface area contributed by atoms with E-state index in [0.29, 0.717) is 28.5 Å². The van der Waals surface area contributed by atoms with E-state index < -0.39 is 36.4 Å². The number of benzene rings is 4. The highest BCUT2D eigenvalue weighted by molar-refractivity contribution is 6.41. The molecule has 4 aromatic carbocycles. The van der Waals surface area contributed by atoms with Gasteiger partial charge in [0.25, 0.3) is 5.91 Å². The summed E-state index contributed by atoms with van der Waals surface area (Å²) in [5, 5.41) is 20.0. The van der Waals surface area contributed by atoms with Crippen LogP contribution in [0.4, 0.5) is 10.5 Å². The Morgan fingerprint density at radius 1 is 0.804 bits per heavy atom. The molecule has 46 heavy (non-hydrogen) atoms. The van der Waals surface area contributed by atoms with Gasteiger partial charge in [-0.15, -0.1) is 0 Å². The molecular weight excluding hydrogens is 655 g/mol. The Morgan fingerprint density at radius 2 is 1.52 bits per heavy atom. The number of anilines is 1. The molecule has 0 saturated carbocycles. The topological polar surface area (TPSA) is 146 Å². The van der Waals surface area contributed by atoms with Crippen LogP contribution in [0.1, 0.15) is 27.0 Å². The normalized spacial score (nSPS) is 11.2. The molecule has 0 bridgehead atoms. The fourth-order valence-corrected chi connectivity index (χ4v) is 5.08. The molecule has 10 nitrogen and oxygen atoms in total. The first kappa shape index (κ1) is 34.1. The van der Waals surface area contributed by atoms with Crippen molar-refractivity contribution in [1.29, 1.82) is 0 Å². The number of urea groups is 1. The highest BCUT2D eigenvalue weighted by Gasteiger charge is 2.25. The maximum atomic E-state index is 13.1. The number of carbonyl (C=O) groups excluding carboxylic acids is 3. The van der Waals surface area contributed by atoms with E-state index in [1.165, 1.54) is 12.1 Å². The first-order valence-corrected chi connectivity index (χ1v) is 15.1. The van der Waals surface area contributed by atoms with Crippen LogP contribution in [-0.4, -0.2) is 41.5 Å². The molecule has 0 unspecified atom stereocenters. The first-order valence-electron chi connectivity index (χ1n) is 13.9. The molecule has 0 fully saturated rings. The number of halogens is 3. The van der Waals surface area contributed by atoms with Crippen LogP contribution in [0.5, 0.6) is 5.75 Å². The molecule has 0 aliphatic rings. The van der Waals surface area contributed by atoms with Crippen molar-refractivity contribution in [2.45, 2.75) is 25.6 Å². The molecule has 0 saturated heterocycles. The monoisotopic (exact) mass is 682 g/mol. The lowest BCUT2D eigenvalue weighted by atomic mass is 10.1. The van der Waals surface area contributed by atoms with Crippen molar-refractivity contribution in [2.75, 3.05) is 11.9 Å². The predicted molar refractivity (Wildman–Crippen MR) is 177 cm³/mol. The minimum absolute atomic E-state index is 0.0117. The molecular formula is C33H29Cl3N4O6. The van der Waals surface area contributed by atoms with Gasteiger partial charge < -0.3 is 31.1 Å². The Kier molecular flexibility index (Phi) is 12.2. The Hall–Kier alpha value is -4.77. The molecule has 0 aromatic heterocycles. The van der Waals surface area contributed by atoms with E-state index in [0.717, 1.165) is 5.56 Å². The Balaban J connectivity index is 1.33. The number of amides is 4. The zero-order valence-electron chi connectivity index (χ0n) is 24.2. The number of ether oxygens (including phenoxy) is 1. The molecule has 0 aliphatic heterocycles. The summed E-state index contributed by atoms with van der Waals surface area (Å²) in [6.45, 7) is -0.0113. The van der Waals surface area contributed by atoms with Crippen LogP contribution >= 0.6 is 34.8 Å². The van der Waals surface area contributed by atoms with E-state index >= 15 is 0 Å². The van der Waals surface area contributed by atoms with Crippen molar-refractivity contribution in [3.05, 3.63) is 128 Å². The van der Waals surface area contributed by atoms with Gasteiger partial charge in [-0.25, -0.2) is 9.59 Å². The summed E-state index contributed by atoms with van der Waals surface area (Å²) in [6, 6.07) is 24.1. The van der Waals surface area contributed by atoms with Gasteiger partial charge in [-0.1, -0.05) is 95.5 Å². The van der Waals surface area contributed by atoms with Crippen molar-refractivity contribution in [1.82, 2.24) is 16.0 Å².